The Kier molecular flexibility index (Phi) is 15.5. The Hall–Kier alpha value is -0.0400. The normalized spacial score (nSPS) is 13.4. The van der Waals surface area contributed by atoms with Crippen LogP contribution in [0.5, 0.6) is 0 Å². The summed E-state index contributed by atoms with van der Waals surface area (Å²) in [6.07, 6.45) is 21.5. The fourth-order valence-electron chi connectivity index (χ4n) is 3.44. The van der Waals surface area contributed by atoms with Crippen LogP contribution in [0.3, 0.4) is 0 Å². The van der Waals surface area contributed by atoms with Crippen LogP contribution in [0.15, 0.2) is 0 Å². The Morgan fingerprint density at radius 2 is 0.957 bits per heavy atom. The van der Waals surface area contributed by atoms with Gasteiger partial charge in [0.1, 0.15) is 0 Å². The third-order valence-corrected chi connectivity index (χ3v) is 5.76. The van der Waals surface area contributed by atoms with Gasteiger partial charge in [-0.15, -0.1) is 0 Å². The molecule has 0 aliphatic heterocycles. The van der Waals surface area contributed by atoms with Crippen LogP contribution in [0, 0.1) is 0 Å². The summed E-state index contributed by atoms with van der Waals surface area (Å²) in [6, 6.07) is 0.825. The topological polar surface area (TPSA) is 0 Å². The van der Waals surface area contributed by atoms with Gasteiger partial charge in [-0.25, -0.2) is 0 Å². The second kappa shape index (κ2) is 15.5. The lowest BCUT2D eigenvalue weighted by molar-refractivity contribution is -0.913. The summed E-state index contributed by atoms with van der Waals surface area (Å²) in [5, 5.41) is 0. The minimum Gasteiger partial charge on any atom is -0.326 e. The summed E-state index contributed by atoms with van der Waals surface area (Å²) in [4.78, 5) is 0. The van der Waals surface area contributed by atoms with E-state index in [-0.39, 0.29) is 0 Å². The molecule has 0 N–H and O–H groups in total. The van der Waals surface area contributed by atoms with E-state index < -0.39 is 0 Å². The Morgan fingerprint density at radius 1 is 0.565 bits per heavy atom. The zero-order valence-corrected chi connectivity index (χ0v) is 17.3. The zero-order valence-electron chi connectivity index (χ0n) is 17.3. The van der Waals surface area contributed by atoms with Crippen molar-refractivity contribution in [2.24, 2.45) is 0 Å². The van der Waals surface area contributed by atoms with E-state index in [0.717, 1.165) is 6.04 Å². The smallest absolute Gasteiger partial charge is 0.0857 e. The van der Waals surface area contributed by atoms with Crippen molar-refractivity contribution in [3.05, 3.63) is 0 Å². The third-order valence-electron chi connectivity index (χ3n) is 5.76. The Labute approximate surface area is 148 Å². The van der Waals surface area contributed by atoms with E-state index in [2.05, 4.69) is 34.9 Å². The van der Waals surface area contributed by atoms with Gasteiger partial charge in [-0.05, 0) is 32.6 Å². The quantitative estimate of drug-likeness (QED) is 0.194. The van der Waals surface area contributed by atoms with Crippen molar-refractivity contribution < 1.29 is 4.48 Å². The van der Waals surface area contributed by atoms with Crippen LogP contribution in [-0.4, -0.2) is 31.2 Å². The molecular weight excluding hydrogens is 278 g/mol. The highest BCUT2D eigenvalue weighted by atomic mass is 15.3. The van der Waals surface area contributed by atoms with E-state index in [0.29, 0.717) is 0 Å². The van der Waals surface area contributed by atoms with Gasteiger partial charge in [0.25, 0.3) is 0 Å². The molecule has 1 atom stereocenters. The molecule has 0 fully saturated rings. The van der Waals surface area contributed by atoms with E-state index in [4.69, 9.17) is 0 Å². The molecular formula is C22H48N+. The SMILES string of the molecule is CCCCCCCCCC(C)[N+](C)(C)CCCCCCCCC. The highest BCUT2D eigenvalue weighted by Crippen LogP contribution is 2.17. The minimum atomic E-state index is 0.825. The van der Waals surface area contributed by atoms with Gasteiger partial charge in [0, 0.05) is 0 Å². The molecule has 0 aliphatic rings. The molecule has 0 radical (unpaired) electrons. The number of unbranched alkanes of at least 4 members (excludes halogenated alkanes) is 12. The first-order valence-electron chi connectivity index (χ1n) is 10.9. The van der Waals surface area contributed by atoms with Gasteiger partial charge in [0.2, 0.25) is 0 Å². The lowest BCUT2D eigenvalue weighted by Crippen LogP contribution is -2.47. The fourth-order valence-corrected chi connectivity index (χ4v) is 3.44. The average molecular weight is 327 g/mol. The second-order valence-electron chi connectivity index (χ2n) is 8.38. The number of hydrogen-bond donors (Lipinski definition) is 0. The van der Waals surface area contributed by atoms with Crippen molar-refractivity contribution in [1.29, 1.82) is 0 Å². The first-order chi connectivity index (χ1) is 11.0. The third kappa shape index (κ3) is 14.0. The van der Waals surface area contributed by atoms with E-state index in [1.807, 2.05) is 0 Å². The van der Waals surface area contributed by atoms with E-state index in [1.165, 1.54) is 107 Å². The molecule has 0 heterocycles. The molecule has 0 rings (SSSR count). The summed E-state index contributed by atoms with van der Waals surface area (Å²) >= 11 is 0. The molecule has 0 amide bonds. The monoisotopic (exact) mass is 326 g/mol. The summed E-state index contributed by atoms with van der Waals surface area (Å²) in [6.45, 7) is 8.43. The van der Waals surface area contributed by atoms with Crippen molar-refractivity contribution in [2.45, 2.75) is 123 Å². The first kappa shape index (κ1) is 23.0. The largest absolute Gasteiger partial charge is 0.326 e. The molecule has 0 spiro atoms. The second-order valence-corrected chi connectivity index (χ2v) is 8.38. The highest BCUT2D eigenvalue weighted by molar-refractivity contribution is 4.55. The fraction of sp³-hybridized carbons (Fsp3) is 1.00. The van der Waals surface area contributed by atoms with Crippen molar-refractivity contribution in [3.63, 3.8) is 0 Å². The molecule has 1 unspecified atom stereocenters. The molecule has 0 aromatic carbocycles. The van der Waals surface area contributed by atoms with Crippen molar-refractivity contribution >= 4 is 0 Å². The van der Waals surface area contributed by atoms with E-state index >= 15 is 0 Å². The van der Waals surface area contributed by atoms with Gasteiger partial charge >= 0.3 is 0 Å². The number of nitrogens with zero attached hydrogens (tertiary/aromatic N) is 1. The van der Waals surface area contributed by atoms with Crippen LogP contribution in [0.4, 0.5) is 0 Å². The standard InChI is InChI=1S/C22H48N/c1-6-8-10-12-14-16-18-20-22(3)23(4,5)21-19-17-15-13-11-9-7-2/h22H,6-21H2,1-5H3/q+1. The van der Waals surface area contributed by atoms with Crippen LogP contribution in [-0.2, 0) is 0 Å². The van der Waals surface area contributed by atoms with Crippen LogP contribution in [0.2, 0.25) is 0 Å². The molecule has 0 saturated carbocycles. The Morgan fingerprint density at radius 3 is 1.43 bits per heavy atom. The van der Waals surface area contributed by atoms with Gasteiger partial charge in [0.05, 0.1) is 26.7 Å². The average Bonchev–Trinajstić information content (AvgIpc) is 2.53. The predicted molar refractivity (Wildman–Crippen MR) is 107 cm³/mol. The number of rotatable bonds is 17. The molecule has 0 aromatic rings. The molecule has 1 nitrogen and oxygen atoms in total. The number of hydrogen-bond acceptors (Lipinski definition) is 0. The van der Waals surface area contributed by atoms with E-state index in [1.54, 1.807) is 0 Å². The summed E-state index contributed by atoms with van der Waals surface area (Å²) < 4.78 is 1.23. The van der Waals surface area contributed by atoms with Gasteiger partial charge < -0.3 is 4.48 Å². The lowest BCUT2D eigenvalue weighted by atomic mass is 10.0. The molecule has 0 aliphatic carbocycles. The Bertz CT molecular complexity index is 234. The summed E-state index contributed by atoms with van der Waals surface area (Å²) in [5.41, 5.74) is 0. The van der Waals surface area contributed by atoms with Crippen molar-refractivity contribution in [3.8, 4) is 0 Å². The maximum Gasteiger partial charge on any atom is 0.0857 e. The van der Waals surface area contributed by atoms with Gasteiger partial charge in [-0.3, -0.25) is 0 Å². The Balaban J connectivity index is 3.57. The van der Waals surface area contributed by atoms with E-state index in [9.17, 15) is 0 Å². The maximum absolute atomic E-state index is 2.47. The molecule has 1 heteroatoms. The molecule has 140 valence electrons. The summed E-state index contributed by atoms with van der Waals surface area (Å²) in [7, 11) is 4.89. The van der Waals surface area contributed by atoms with Crippen LogP contribution in [0.25, 0.3) is 0 Å². The van der Waals surface area contributed by atoms with Gasteiger partial charge in [0.15, 0.2) is 0 Å². The van der Waals surface area contributed by atoms with Crippen molar-refractivity contribution in [1.82, 2.24) is 0 Å². The zero-order chi connectivity index (χ0) is 17.4. The molecule has 23 heavy (non-hydrogen) atoms. The summed E-state index contributed by atoms with van der Waals surface area (Å²) in [5.74, 6) is 0. The van der Waals surface area contributed by atoms with Crippen LogP contribution >= 0.6 is 0 Å². The first-order valence-corrected chi connectivity index (χ1v) is 10.9. The molecule has 0 aromatic heterocycles. The van der Waals surface area contributed by atoms with Crippen LogP contribution in [0.1, 0.15) is 117 Å². The predicted octanol–water partition coefficient (Wildman–Crippen LogP) is 7.34. The van der Waals surface area contributed by atoms with Gasteiger partial charge in [-0.2, -0.15) is 0 Å². The molecule has 0 bridgehead atoms. The maximum atomic E-state index is 2.47. The van der Waals surface area contributed by atoms with Crippen molar-refractivity contribution in [2.75, 3.05) is 20.6 Å². The lowest BCUT2D eigenvalue weighted by Gasteiger charge is -2.36. The minimum absolute atomic E-state index is 0.825. The van der Waals surface area contributed by atoms with Crippen LogP contribution < -0.4 is 0 Å². The van der Waals surface area contributed by atoms with Gasteiger partial charge in [-0.1, -0.05) is 84.5 Å². The highest BCUT2D eigenvalue weighted by Gasteiger charge is 2.22. The molecule has 0 saturated heterocycles. The number of quaternary nitrogens is 1.